The van der Waals surface area contributed by atoms with Gasteiger partial charge in [-0.1, -0.05) is 24.3 Å². The molecule has 160 valence electrons. The van der Waals surface area contributed by atoms with E-state index in [4.69, 9.17) is 9.15 Å². The van der Waals surface area contributed by atoms with Gasteiger partial charge >= 0.3 is 0 Å². The topological polar surface area (TPSA) is 92.6 Å². The first kappa shape index (κ1) is 20.7. The molecule has 7 nitrogen and oxygen atoms in total. The quantitative estimate of drug-likeness (QED) is 0.351. The maximum Gasteiger partial charge on any atom is 0.291 e. The molecule has 0 fully saturated rings. The summed E-state index contributed by atoms with van der Waals surface area (Å²) in [5, 5.41) is 8.60. The van der Waals surface area contributed by atoms with Crippen molar-refractivity contribution in [2.75, 3.05) is 22.5 Å². The molecule has 32 heavy (non-hydrogen) atoms. The molecule has 7 heteroatoms. The summed E-state index contributed by atoms with van der Waals surface area (Å²) in [4.78, 5) is 24.4. The highest BCUT2D eigenvalue weighted by atomic mass is 16.5. The van der Waals surface area contributed by atoms with Gasteiger partial charge in [0, 0.05) is 17.1 Å². The second-order valence-corrected chi connectivity index (χ2v) is 6.85. The van der Waals surface area contributed by atoms with Crippen molar-refractivity contribution in [2.24, 2.45) is 0 Å². The van der Waals surface area contributed by atoms with Crippen LogP contribution in [-0.4, -0.2) is 18.4 Å². The molecule has 0 saturated heterocycles. The molecule has 3 N–H and O–H groups in total. The number of amides is 2. The standard InChI is InChI=1S/C25H21N3O4/c29-24(17-26-18-11-13-22(14-12-18)32-21-8-2-1-3-9-21)27-19-6-4-7-20(16-19)28-25(30)23-10-5-15-31-23/h1-16,26H,17H2,(H,27,29)(H,28,30). The minimum atomic E-state index is -0.361. The van der Waals surface area contributed by atoms with E-state index in [1.807, 2.05) is 54.6 Å². The van der Waals surface area contributed by atoms with E-state index in [9.17, 15) is 9.59 Å². The van der Waals surface area contributed by atoms with Gasteiger partial charge in [0.05, 0.1) is 12.8 Å². The minimum absolute atomic E-state index is 0.0852. The first-order valence-electron chi connectivity index (χ1n) is 9.97. The van der Waals surface area contributed by atoms with Crippen LogP contribution in [0.5, 0.6) is 11.5 Å². The molecule has 0 radical (unpaired) electrons. The largest absolute Gasteiger partial charge is 0.459 e. The predicted molar refractivity (Wildman–Crippen MR) is 123 cm³/mol. The van der Waals surface area contributed by atoms with Gasteiger partial charge in [0.25, 0.3) is 5.91 Å². The Hall–Kier alpha value is -4.52. The fraction of sp³-hybridized carbons (Fsp3) is 0.0400. The number of hydrogen-bond acceptors (Lipinski definition) is 5. The molecule has 1 heterocycles. The van der Waals surface area contributed by atoms with Crippen LogP contribution in [0.3, 0.4) is 0 Å². The Morgan fingerprint density at radius 3 is 2.16 bits per heavy atom. The summed E-state index contributed by atoms with van der Waals surface area (Å²) in [6, 6.07) is 27.0. The summed E-state index contributed by atoms with van der Waals surface area (Å²) in [5.74, 6) is 1.10. The van der Waals surface area contributed by atoms with Gasteiger partial charge in [0.2, 0.25) is 5.91 Å². The van der Waals surface area contributed by atoms with Crippen LogP contribution in [0.15, 0.2) is 102 Å². The Bertz CT molecular complexity index is 1170. The van der Waals surface area contributed by atoms with E-state index < -0.39 is 0 Å². The third-order valence-electron chi connectivity index (χ3n) is 4.44. The maximum absolute atomic E-state index is 12.3. The van der Waals surface area contributed by atoms with Gasteiger partial charge in [0.15, 0.2) is 5.76 Å². The van der Waals surface area contributed by atoms with Crippen molar-refractivity contribution in [1.29, 1.82) is 0 Å². The van der Waals surface area contributed by atoms with E-state index in [1.165, 1.54) is 6.26 Å². The summed E-state index contributed by atoms with van der Waals surface area (Å²) in [7, 11) is 0. The Balaban J connectivity index is 1.27. The first-order chi connectivity index (χ1) is 15.7. The van der Waals surface area contributed by atoms with E-state index in [2.05, 4.69) is 16.0 Å². The molecule has 4 rings (SSSR count). The van der Waals surface area contributed by atoms with Crippen LogP contribution < -0.4 is 20.7 Å². The number of hydrogen-bond donors (Lipinski definition) is 3. The maximum atomic E-state index is 12.3. The van der Waals surface area contributed by atoms with Crippen LogP contribution in [0.4, 0.5) is 17.1 Å². The average molecular weight is 427 g/mol. The van der Waals surface area contributed by atoms with Gasteiger partial charge in [-0.25, -0.2) is 0 Å². The Kier molecular flexibility index (Phi) is 6.48. The van der Waals surface area contributed by atoms with E-state index in [0.717, 1.165) is 11.4 Å². The number of anilines is 3. The highest BCUT2D eigenvalue weighted by Crippen LogP contribution is 2.22. The predicted octanol–water partition coefficient (Wildman–Crippen LogP) is 5.37. The molecule has 1 aromatic heterocycles. The molecule has 0 aliphatic carbocycles. The molecule has 0 saturated carbocycles. The monoisotopic (exact) mass is 427 g/mol. The number of carbonyl (C=O) groups excluding carboxylic acids is 2. The first-order valence-corrected chi connectivity index (χ1v) is 9.97. The number of rotatable bonds is 8. The molecule has 0 atom stereocenters. The van der Waals surface area contributed by atoms with Gasteiger partial charge in [0.1, 0.15) is 11.5 Å². The zero-order chi connectivity index (χ0) is 22.2. The SMILES string of the molecule is O=C(CNc1ccc(Oc2ccccc2)cc1)Nc1cccc(NC(=O)c2ccco2)c1. The minimum Gasteiger partial charge on any atom is -0.459 e. The van der Waals surface area contributed by atoms with Gasteiger partial charge < -0.3 is 25.1 Å². The summed E-state index contributed by atoms with van der Waals surface area (Å²) >= 11 is 0. The molecular formula is C25H21N3O4. The van der Waals surface area contributed by atoms with Crippen molar-refractivity contribution >= 4 is 28.9 Å². The molecule has 0 bridgehead atoms. The molecule has 0 aliphatic rings. The fourth-order valence-electron chi connectivity index (χ4n) is 2.93. The summed E-state index contributed by atoms with van der Waals surface area (Å²) in [6.07, 6.45) is 1.43. The summed E-state index contributed by atoms with van der Waals surface area (Å²) in [6.45, 7) is 0.0852. The van der Waals surface area contributed by atoms with Crippen LogP contribution in [0, 0.1) is 0 Å². The van der Waals surface area contributed by atoms with Crippen molar-refractivity contribution in [1.82, 2.24) is 0 Å². The van der Waals surface area contributed by atoms with Crippen LogP contribution >= 0.6 is 0 Å². The van der Waals surface area contributed by atoms with E-state index in [-0.39, 0.29) is 24.1 Å². The van der Waals surface area contributed by atoms with E-state index >= 15 is 0 Å². The Morgan fingerprint density at radius 1 is 0.719 bits per heavy atom. The van der Waals surface area contributed by atoms with Gasteiger partial charge in [-0.2, -0.15) is 0 Å². The molecule has 0 aliphatic heterocycles. The molecular weight excluding hydrogens is 406 g/mol. The molecule has 2 amide bonds. The smallest absolute Gasteiger partial charge is 0.291 e. The second kappa shape index (κ2) is 9.99. The van der Waals surface area contributed by atoms with Gasteiger partial charge in [-0.15, -0.1) is 0 Å². The average Bonchev–Trinajstić information content (AvgIpc) is 3.35. The van der Waals surface area contributed by atoms with Gasteiger partial charge in [-0.05, 0) is 66.7 Å². The number of benzene rings is 3. The zero-order valence-corrected chi connectivity index (χ0v) is 17.1. The van der Waals surface area contributed by atoms with Crippen molar-refractivity contribution < 1.29 is 18.7 Å². The van der Waals surface area contributed by atoms with Crippen molar-refractivity contribution in [2.45, 2.75) is 0 Å². The second-order valence-electron chi connectivity index (χ2n) is 6.85. The van der Waals surface area contributed by atoms with E-state index in [1.54, 1.807) is 36.4 Å². The number of carbonyl (C=O) groups is 2. The summed E-state index contributed by atoms with van der Waals surface area (Å²) < 4.78 is 10.8. The molecule has 4 aromatic rings. The lowest BCUT2D eigenvalue weighted by Crippen LogP contribution is -2.21. The molecule has 0 unspecified atom stereocenters. The van der Waals surface area contributed by atoms with Gasteiger partial charge in [-0.3, -0.25) is 9.59 Å². The summed E-state index contributed by atoms with van der Waals surface area (Å²) in [5.41, 5.74) is 1.91. The van der Waals surface area contributed by atoms with Crippen molar-refractivity contribution in [3.8, 4) is 11.5 Å². The van der Waals surface area contributed by atoms with Crippen LogP contribution in [-0.2, 0) is 4.79 Å². The Morgan fingerprint density at radius 2 is 1.44 bits per heavy atom. The van der Waals surface area contributed by atoms with Crippen LogP contribution in [0.2, 0.25) is 0 Å². The third-order valence-corrected chi connectivity index (χ3v) is 4.44. The van der Waals surface area contributed by atoms with Crippen LogP contribution in [0.25, 0.3) is 0 Å². The normalized spacial score (nSPS) is 10.2. The number of nitrogens with one attached hydrogen (secondary N) is 3. The molecule has 3 aromatic carbocycles. The fourth-order valence-corrected chi connectivity index (χ4v) is 2.93. The number of furan rings is 1. The highest BCUT2D eigenvalue weighted by Gasteiger charge is 2.09. The van der Waals surface area contributed by atoms with Crippen molar-refractivity contribution in [3.05, 3.63) is 103 Å². The lowest BCUT2D eigenvalue weighted by Gasteiger charge is -2.10. The van der Waals surface area contributed by atoms with Crippen molar-refractivity contribution in [3.63, 3.8) is 0 Å². The third kappa shape index (κ3) is 5.76. The highest BCUT2D eigenvalue weighted by molar-refractivity contribution is 6.02. The number of para-hydroxylation sites is 1. The molecule has 0 spiro atoms. The number of ether oxygens (including phenoxy) is 1. The lowest BCUT2D eigenvalue weighted by molar-refractivity contribution is -0.114. The lowest BCUT2D eigenvalue weighted by atomic mass is 10.2. The van der Waals surface area contributed by atoms with E-state index in [0.29, 0.717) is 17.1 Å². The zero-order valence-electron chi connectivity index (χ0n) is 17.1. The Labute approximate surface area is 185 Å². The van der Waals surface area contributed by atoms with Crippen LogP contribution in [0.1, 0.15) is 10.6 Å².